The van der Waals surface area contributed by atoms with Gasteiger partial charge in [-0.15, -0.1) is 11.3 Å². The fraction of sp³-hybridized carbons (Fsp3) is 0.323. The number of nitrogens with two attached hydrogens (primary N) is 1. The Morgan fingerprint density at radius 2 is 1.89 bits per heavy atom. The molecule has 0 bridgehead atoms. The summed E-state index contributed by atoms with van der Waals surface area (Å²) in [6.07, 6.45) is 4.69. The normalized spacial score (nSPS) is 16.1. The number of sulfonamides is 1. The number of aromatic carboxylic acids is 1. The minimum absolute atomic E-state index is 0.00151. The molecule has 4 aromatic rings. The molecule has 0 spiro atoms. The summed E-state index contributed by atoms with van der Waals surface area (Å²) < 4.78 is 69.9. The average molecular weight is 641 g/mol. The van der Waals surface area contributed by atoms with Crippen LogP contribution in [0.5, 0.6) is 0 Å². The highest BCUT2D eigenvalue weighted by atomic mass is 32.2. The molecule has 0 saturated heterocycles. The highest BCUT2D eigenvalue weighted by Gasteiger charge is 2.32. The molecule has 3 N–H and O–H groups in total. The number of hydrogen-bond donors (Lipinski definition) is 2. The van der Waals surface area contributed by atoms with Crippen molar-refractivity contribution in [2.45, 2.75) is 61.9 Å². The highest BCUT2D eigenvalue weighted by molar-refractivity contribution is 7.89. The van der Waals surface area contributed by atoms with Crippen LogP contribution in [0.4, 0.5) is 13.2 Å². The number of carboxylic acids is 1. The van der Waals surface area contributed by atoms with E-state index < -0.39 is 38.2 Å². The van der Waals surface area contributed by atoms with Crippen LogP contribution >= 0.6 is 11.3 Å². The van der Waals surface area contributed by atoms with Crippen LogP contribution in [0.1, 0.15) is 71.4 Å². The third-order valence-corrected chi connectivity index (χ3v) is 9.66. The molecule has 6 rings (SSSR count). The van der Waals surface area contributed by atoms with Crippen LogP contribution in [0, 0.1) is 29.4 Å². The van der Waals surface area contributed by atoms with Crippen LogP contribution in [0.25, 0.3) is 16.4 Å². The third-order valence-electron chi connectivity index (χ3n) is 7.90. The van der Waals surface area contributed by atoms with Crippen molar-refractivity contribution < 1.29 is 31.5 Å². The fourth-order valence-electron chi connectivity index (χ4n) is 5.42. The number of carboxylic acid groups (broad SMARTS) is 1. The molecule has 2 heterocycles. The molecular formula is C31H27F3N4O4S2. The minimum Gasteiger partial charge on any atom is -0.476 e. The first-order valence-corrected chi connectivity index (χ1v) is 16.5. The lowest BCUT2D eigenvalue weighted by atomic mass is 9.96. The molecule has 0 radical (unpaired) electrons. The van der Waals surface area contributed by atoms with Gasteiger partial charge in [0.1, 0.15) is 16.5 Å². The Labute approximate surface area is 255 Å². The number of nitrogens with zero attached hydrogens (tertiary/aromatic N) is 3. The van der Waals surface area contributed by atoms with Crippen LogP contribution in [0.2, 0.25) is 0 Å². The predicted octanol–water partition coefficient (Wildman–Crippen LogP) is 5.80. The van der Waals surface area contributed by atoms with Gasteiger partial charge in [-0.05, 0) is 86.8 Å². The lowest BCUT2D eigenvalue weighted by molar-refractivity contribution is 0.0691. The van der Waals surface area contributed by atoms with E-state index in [0.29, 0.717) is 52.7 Å². The van der Waals surface area contributed by atoms with Crippen molar-refractivity contribution in [2.75, 3.05) is 0 Å². The first-order valence-electron chi connectivity index (χ1n) is 14.0. The number of halogens is 3. The minimum atomic E-state index is -4.27. The summed E-state index contributed by atoms with van der Waals surface area (Å²) in [6, 6.07) is 7.90. The van der Waals surface area contributed by atoms with Crippen LogP contribution < -0.4 is 5.14 Å². The maximum Gasteiger partial charge on any atom is 0.355 e. The van der Waals surface area contributed by atoms with E-state index >= 15 is 0 Å². The topological polar surface area (TPSA) is 128 Å². The monoisotopic (exact) mass is 640 g/mol. The third kappa shape index (κ3) is 6.29. The smallest absolute Gasteiger partial charge is 0.355 e. The summed E-state index contributed by atoms with van der Waals surface area (Å²) in [7, 11) is -4.27. The summed E-state index contributed by atoms with van der Waals surface area (Å²) >= 11 is 1.09. The molecule has 0 unspecified atom stereocenters. The Bertz CT molecular complexity index is 1950. The molecule has 44 heavy (non-hydrogen) atoms. The van der Waals surface area contributed by atoms with Gasteiger partial charge in [-0.1, -0.05) is 17.9 Å². The van der Waals surface area contributed by atoms with Crippen molar-refractivity contribution in [3.8, 4) is 28.2 Å². The summed E-state index contributed by atoms with van der Waals surface area (Å²) in [5, 5.41) is 21.1. The van der Waals surface area contributed by atoms with E-state index in [-0.39, 0.29) is 17.7 Å². The van der Waals surface area contributed by atoms with Gasteiger partial charge in [0, 0.05) is 22.9 Å². The molecular weight excluding hydrogens is 613 g/mol. The van der Waals surface area contributed by atoms with Crippen molar-refractivity contribution in [1.82, 2.24) is 14.8 Å². The van der Waals surface area contributed by atoms with E-state index in [0.717, 1.165) is 54.8 Å². The number of alkyl halides is 1. The van der Waals surface area contributed by atoms with Crippen LogP contribution in [0.3, 0.4) is 0 Å². The van der Waals surface area contributed by atoms with Gasteiger partial charge in [-0.25, -0.2) is 41.2 Å². The lowest BCUT2D eigenvalue weighted by Gasteiger charge is -2.10. The second-order valence-corrected chi connectivity index (χ2v) is 13.6. The fourth-order valence-corrected chi connectivity index (χ4v) is 6.78. The molecule has 0 amide bonds. The van der Waals surface area contributed by atoms with Gasteiger partial charge in [0.15, 0.2) is 11.4 Å². The molecule has 2 aliphatic rings. The predicted molar refractivity (Wildman–Crippen MR) is 158 cm³/mol. The van der Waals surface area contributed by atoms with E-state index in [9.17, 15) is 31.5 Å². The molecule has 13 heteroatoms. The van der Waals surface area contributed by atoms with Gasteiger partial charge in [0.05, 0.1) is 17.0 Å². The zero-order valence-corrected chi connectivity index (χ0v) is 24.9. The first-order chi connectivity index (χ1) is 20.9. The van der Waals surface area contributed by atoms with Gasteiger partial charge in [-0.2, -0.15) is 5.10 Å². The number of hydrogen-bond acceptors (Lipinski definition) is 6. The maximum atomic E-state index is 15.0. The zero-order valence-electron chi connectivity index (χ0n) is 23.3. The quantitative estimate of drug-likeness (QED) is 0.235. The summed E-state index contributed by atoms with van der Waals surface area (Å²) in [5.74, 6) is 2.84. The van der Waals surface area contributed by atoms with Gasteiger partial charge in [-0.3, -0.25) is 0 Å². The first kappa shape index (κ1) is 30.1. The molecule has 2 saturated carbocycles. The Morgan fingerprint density at radius 1 is 1.14 bits per heavy atom. The molecule has 2 aromatic heterocycles. The van der Waals surface area contributed by atoms with Crippen molar-refractivity contribution in [3.63, 3.8) is 0 Å². The Kier molecular flexibility index (Phi) is 7.85. The van der Waals surface area contributed by atoms with Crippen molar-refractivity contribution in [1.29, 1.82) is 0 Å². The largest absolute Gasteiger partial charge is 0.476 e. The van der Waals surface area contributed by atoms with Crippen LogP contribution in [-0.2, 0) is 22.9 Å². The van der Waals surface area contributed by atoms with E-state index in [2.05, 4.69) is 16.8 Å². The molecule has 0 atom stereocenters. The van der Waals surface area contributed by atoms with Crippen LogP contribution in [0.15, 0.2) is 46.7 Å². The number of aromatic nitrogens is 3. The number of primary sulfonamides is 1. The van der Waals surface area contributed by atoms with E-state index in [4.69, 9.17) is 10.2 Å². The average Bonchev–Trinajstić information content (AvgIpc) is 3.30. The molecule has 2 fully saturated rings. The van der Waals surface area contributed by atoms with Crippen molar-refractivity contribution >= 4 is 27.3 Å². The van der Waals surface area contributed by atoms with Crippen molar-refractivity contribution in [3.05, 3.63) is 81.5 Å². The van der Waals surface area contributed by atoms with Gasteiger partial charge in [0.2, 0.25) is 15.2 Å². The standard InChI is InChI=1S/C31H27F3N4O4S2/c32-23-7-6-21(16-20(23)9-12-31(34)10-1-2-11-31)28-22(13-19-5-8-27(24(33)14-19)44(35,41)42)26(15-18-3-4-18)38(37-28)30-36-25(17-43-30)29(39)40/h5-8,14,16-18H,1-4,10-11,13,15H2,(H,39,40)(H2,35,41,42). The van der Waals surface area contributed by atoms with Crippen molar-refractivity contribution in [2.24, 2.45) is 11.1 Å². The lowest BCUT2D eigenvalue weighted by Crippen LogP contribution is -2.14. The van der Waals surface area contributed by atoms with Crippen LogP contribution in [-0.4, -0.2) is 39.9 Å². The molecule has 228 valence electrons. The molecule has 0 aliphatic heterocycles. The second-order valence-electron chi connectivity index (χ2n) is 11.3. The SMILES string of the molecule is NS(=O)(=O)c1ccc(Cc2c(-c3ccc(F)c(C#CC4(F)CCCC4)c3)nn(-c3nc(C(=O)O)cs3)c2CC2CC2)cc1F. The summed E-state index contributed by atoms with van der Waals surface area (Å²) in [5.41, 5.74) is 0.868. The van der Waals surface area contributed by atoms with Gasteiger partial charge >= 0.3 is 5.97 Å². The number of benzene rings is 2. The number of thiazole rings is 1. The van der Waals surface area contributed by atoms with Gasteiger partial charge < -0.3 is 5.11 Å². The molecule has 8 nitrogen and oxygen atoms in total. The summed E-state index contributed by atoms with van der Waals surface area (Å²) in [6.45, 7) is 0. The maximum absolute atomic E-state index is 15.0. The van der Waals surface area contributed by atoms with E-state index in [1.165, 1.54) is 29.6 Å². The molecule has 2 aliphatic carbocycles. The Morgan fingerprint density at radius 3 is 2.52 bits per heavy atom. The zero-order chi connectivity index (χ0) is 31.2. The van der Waals surface area contributed by atoms with Gasteiger partial charge in [0.25, 0.3) is 0 Å². The number of rotatable bonds is 8. The highest BCUT2D eigenvalue weighted by Crippen LogP contribution is 2.39. The second kappa shape index (κ2) is 11.5. The Balaban J connectivity index is 1.50. The molecule has 2 aromatic carbocycles. The summed E-state index contributed by atoms with van der Waals surface area (Å²) in [4.78, 5) is 15.2. The Hall–Kier alpha value is -3.99. The number of carbonyl (C=O) groups is 1. The van der Waals surface area contributed by atoms with E-state index in [1.807, 2.05) is 0 Å². The van der Waals surface area contributed by atoms with E-state index in [1.54, 1.807) is 4.68 Å².